The van der Waals surface area contributed by atoms with Crippen LogP contribution >= 0.6 is 0 Å². The largest absolute Gasteiger partial charge is 0.456 e. The van der Waals surface area contributed by atoms with Crippen molar-refractivity contribution in [1.29, 1.82) is 5.26 Å². The molecule has 0 rings (SSSR count). The molecule has 0 amide bonds. The Hall–Kier alpha value is -0.840. The first-order chi connectivity index (χ1) is 3.06. The second-order valence-electron chi connectivity index (χ2n) is 0.602. The monoisotopic (exact) mass is 141 g/mol. The lowest BCUT2D eigenvalue weighted by atomic mass is 11.6. The van der Waals surface area contributed by atoms with Crippen LogP contribution in [-0.4, -0.2) is 13.0 Å². The normalized spacial score (nSPS) is 8.50. The third kappa shape index (κ3) is 8.94. The molecule has 0 bridgehead atoms. The summed E-state index contributed by atoms with van der Waals surface area (Å²) < 4.78 is 29.3. The van der Waals surface area contributed by atoms with E-state index in [-0.39, 0.29) is 6.15 Å². The highest BCUT2D eigenvalue weighted by Crippen LogP contribution is 1.78. The van der Waals surface area contributed by atoms with Crippen LogP contribution in [0.1, 0.15) is 0 Å². The van der Waals surface area contributed by atoms with Gasteiger partial charge in [0.05, 0.1) is 0 Å². The summed E-state index contributed by atoms with van der Waals surface area (Å²) in [5, 5.41) is 7.39. The topological polar surface area (TPSA) is 124 Å². The highest BCUT2D eigenvalue weighted by Gasteiger charge is 1.99. The molecule has 0 fully saturated rings. The van der Waals surface area contributed by atoms with Crippen LogP contribution in [-0.2, 0) is 14.6 Å². The Morgan fingerprint density at radius 1 is 1.62 bits per heavy atom. The summed E-state index contributed by atoms with van der Waals surface area (Å²) in [7, 11) is -4.54. The van der Waals surface area contributed by atoms with Crippen LogP contribution in [0.5, 0.6) is 0 Å². The fraction of sp³-hybridized carbons (Fsp3) is 0. The lowest BCUT2D eigenvalue weighted by Crippen LogP contribution is -1.96. The van der Waals surface area contributed by atoms with Crippen molar-refractivity contribution >= 4 is 10.4 Å². The minimum Gasteiger partial charge on any atom is -0.369 e. The van der Waals surface area contributed by atoms with Gasteiger partial charge in [-0.2, -0.15) is 8.42 Å². The maximum absolute atomic E-state index is 9.34. The summed E-state index contributed by atoms with van der Waals surface area (Å²) >= 11 is 0. The molecule has 7 heteroatoms. The molecule has 48 valence electrons. The van der Waals surface area contributed by atoms with Gasteiger partial charge >= 0.3 is 16.7 Å². The SMILES string of the molecule is N#COS(=O)(=O)O.[NH4+]. The van der Waals surface area contributed by atoms with Gasteiger partial charge in [0.2, 0.25) is 0 Å². The zero-order chi connectivity index (χ0) is 5.91. The molecule has 0 aromatic rings. The number of quaternary nitrogens is 1. The number of hydrogen-bond acceptors (Lipinski definition) is 4. The van der Waals surface area contributed by atoms with Gasteiger partial charge in [-0.1, -0.05) is 0 Å². The number of nitriles is 1. The van der Waals surface area contributed by atoms with Gasteiger partial charge in [0.15, 0.2) is 0 Å². The lowest BCUT2D eigenvalue weighted by Gasteiger charge is -1.80. The fourth-order valence-corrected chi connectivity index (χ4v) is 0.141. The Morgan fingerprint density at radius 3 is 2.00 bits per heavy atom. The van der Waals surface area contributed by atoms with Crippen LogP contribution in [0.3, 0.4) is 0 Å². The van der Waals surface area contributed by atoms with E-state index < -0.39 is 10.4 Å². The van der Waals surface area contributed by atoms with Crippen molar-refractivity contribution in [2.75, 3.05) is 0 Å². The van der Waals surface area contributed by atoms with Gasteiger partial charge in [0.25, 0.3) is 0 Å². The smallest absolute Gasteiger partial charge is 0.369 e. The second-order valence-corrected chi connectivity index (χ2v) is 1.62. The molecule has 5 N–H and O–H groups in total. The maximum Gasteiger partial charge on any atom is 0.456 e. The Balaban J connectivity index is 0. The minimum atomic E-state index is -4.54. The summed E-state index contributed by atoms with van der Waals surface area (Å²) in [6, 6.07) is 0. The Kier molecular flexibility index (Phi) is 4.08. The minimum absolute atomic E-state index is 0. The molecule has 0 atom stereocenters. The first kappa shape index (κ1) is 10.2. The predicted molar refractivity (Wildman–Crippen MR) is 24.2 cm³/mol. The summed E-state index contributed by atoms with van der Waals surface area (Å²) in [4.78, 5) is 0. The molecule has 0 radical (unpaired) electrons. The highest BCUT2D eigenvalue weighted by molar-refractivity contribution is 7.81. The van der Waals surface area contributed by atoms with Crippen molar-refractivity contribution in [2.24, 2.45) is 0 Å². The number of nitrogens with zero attached hydrogens (tertiary/aromatic N) is 1. The van der Waals surface area contributed by atoms with Crippen LogP contribution < -0.4 is 6.15 Å². The molecular formula is CH5N2O4S+. The van der Waals surface area contributed by atoms with Crippen LogP contribution in [0.4, 0.5) is 0 Å². The van der Waals surface area contributed by atoms with E-state index in [2.05, 4.69) is 4.18 Å². The Bertz CT molecular complexity index is 175. The van der Waals surface area contributed by atoms with Gasteiger partial charge < -0.3 is 6.15 Å². The average Bonchev–Trinajstić information content (AvgIpc) is 1.30. The van der Waals surface area contributed by atoms with Gasteiger partial charge in [0.1, 0.15) is 0 Å². The highest BCUT2D eigenvalue weighted by atomic mass is 32.3. The average molecular weight is 141 g/mol. The second kappa shape index (κ2) is 3.20. The molecule has 0 aromatic heterocycles. The molecular weight excluding hydrogens is 136 g/mol. The van der Waals surface area contributed by atoms with Crippen LogP contribution in [0, 0.1) is 11.5 Å². The van der Waals surface area contributed by atoms with Gasteiger partial charge in [-0.3, -0.25) is 8.74 Å². The maximum atomic E-state index is 9.34. The quantitative estimate of drug-likeness (QED) is 0.382. The van der Waals surface area contributed by atoms with E-state index in [0.717, 1.165) is 6.26 Å². The van der Waals surface area contributed by atoms with E-state index in [1.54, 1.807) is 0 Å². The zero-order valence-electron chi connectivity index (χ0n) is 4.03. The van der Waals surface area contributed by atoms with E-state index in [1.165, 1.54) is 0 Å². The molecule has 0 heterocycles. The van der Waals surface area contributed by atoms with Crippen molar-refractivity contribution in [3.8, 4) is 6.26 Å². The van der Waals surface area contributed by atoms with Crippen LogP contribution in [0.15, 0.2) is 0 Å². The number of rotatable bonds is 1. The molecule has 0 spiro atoms. The Labute approximate surface area is 46.2 Å². The van der Waals surface area contributed by atoms with Crippen molar-refractivity contribution in [3.63, 3.8) is 0 Å². The van der Waals surface area contributed by atoms with E-state index in [9.17, 15) is 8.42 Å². The van der Waals surface area contributed by atoms with Crippen LogP contribution in [0.25, 0.3) is 0 Å². The molecule has 6 nitrogen and oxygen atoms in total. The lowest BCUT2D eigenvalue weighted by molar-refractivity contribution is 0.367. The van der Waals surface area contributed by atoms with Crippen molar-refractivity contribution in [2.45, 2.75) is 0 Å². The summed E-state index contributed by atoms with van der Waals surface area (Å²) in [5.74, 6) is 0. The molecule has 8 heavy (non-hydrogen) atoms. The Morgan fingerprint density at radius 2 is 2.00 bits per heavy atom. The van der Waals surface area contributed by atoms with Crippen molar-refractivity contribution < 1.29 is 17.2 Å². The van der Waals surface area contributed by atoms with Gasteiger partial charge in [-0.25, -0.2) is 0 Å². The molecule has 0 aromatic carbocycles. The van der Waals surface area contributed by atoms with Crippen LogP contribution in [0.2, 0.25) is 0 Å². The summed E-state index contributed by atoms with van der Waals surface area (Å²) in [6.07, 6.45) is 0.770. The molecule has 0 unspecified atom stereocenters. The van der Waals surface area contributed by atoms with E-state index in [4.69, 9.17) is 9.81 Å². The van der Waals surface area contributed by atoms with Gasteiger partial charge in [-0.05, 0) is 0 Å². The first-order valence-corrected chi connectivity index (χ1v) is 2.48. The zero-order valence-corrected chi connectivity index (χ0v) is 4.84. The van der Waals surface area contributed by atoms with Gasteiger partial charge in [0, 0.05) is 0 Å². The van der Waals surface area contributed by atoms with E-state index in [1.807, 2.05) is 0 Å². The summed E-state index contributed by atoms with van der Waals surface area (Å²) in [6.45, 7) is 0. The molecule has 0 aliphatic rings. The molecule has 0 aliphatic carbocycles. The van der Waals surface area contributed by atoms with Crippen molar-refractivity contribution in [1.82, 2.24) is 6.15 Å². The fourth-order valence-electron chi connectivity index (χ4n) is 0.0471. The van der Waals surface area contributed by atoms with E-state index in [0.29, 0.717) is 0 Å². The number of hydrogen-bond donors (Lipinski definition) is 2. The molecule has 0 saturated carbocycles. The standard InChI is InChI=1S/CHNO4S.H3N/c2-1-6-7(3,4)5;/h(H,3,4,5);1H3/p+1. The third-order valence-electron chi connectivity index (χ3n) is 0.143. The first-order valence-electron chi connectivity index (χ1n) is 1.11. The third-order valence-corrected chi connectivity index (χ3v) is 0.428. The summed E-state index contributed by atoms with van der Waals surface area (Å²) in [5.41, 5.74) is 0. The predicted octanol–water partition coefficient (Wildman–Crippen LogP) is -0.337. The van der Waals surface area contributed by atoms with E-state index >= 15 is 0 Å². The molecule has 0 aliphatic heterocycles. The van der Waals surface area contributed by atoms with Gasteiger partial charge in [-0.15, -0.1) is 5.26 Å². The van der Waals surface area contributed by atoms with Crippen molar-refractivity contribution in [3.05, 3.63) is 0 Å². The molecule has 0 saturated heterocycles.